The number of fused-ring (bicyclic) bond motifs is 1. The van der Waals surface area contributed by atoms with Gasteiger partial charge in [0.1, 0.15) is 10.6 Å². The van der Waals surface area contributed by atoms with Gasteiger partial charge in [0.25, 0.3) is 0 Å². The van der Waals surface area contributed by atoms with Crippen LogP contribution >= 0.6 is 0 Å². The SMILES string of the molecule is CCCCCCCCCCCCCCCC(=O)Nc1c(OS(=O)(=O)c2ccccc2)cc2ccccc2c1OCOC(C)OC. The van der Waals surface area contributed by atoms with Crippen molar-refractivity contribution in [2.75, 3.05) is 19.2 Å². The van der Waals surface area contributed by atoms with Crippen molar-refractivity contribution >= 4 is 32.5 Å². The second-order valence-electron chi connectivity index (χ2n) is 11.4. The Bertz CT molecular complexity index is 1400. The maximum atomic E-state index is 13.2. The number of benzene rings is 3. The Morgan fingerprint density at radius 1 is 0.800 bits per heavy atom. The molecule has 0 saturated heterocycles. The summed E-state index contributed by atoms with van der Waals surface area (Å²) in [7, 11) is -2.68. The third-order valence-electron chi connectivity index (χ3n) is 7.81. The summed E-state index contributed by atoms with van der Waals surface area (Å²) < 4.78 is 48.8. The summed E-state index contributed by atoms with van der Waals surface area (Å²) >= 11 is 0. The van der Waals surface area contributed by atoms with Crippen molar-refractivity contribution in [2.45, 2.75) is 115 Å². The van der Waals surface area contributed by atoms with Gasteiger partial charge < -0.3 is 23.7 Å². The van der Waals surface area contributed by atoms with Gasteiger partial charge in [0.05, 0.1) is 0 Å². The number of amides is 1. The molecule has 248 valence electrons. The highest BCUT2D eigenvalue weighted by Crippen LogP contribution is 2.43. The topological polar surface area (TPSA) is 100 Å². The predicted octanol–water partition coefficient (Wildman–Crippen LogP) is 9.37. The summed E-state index contributed by atoms with van der Waals surface area (Å²) in [5, 5.41) is 4.25. The van der Waals surface area contributed by atoms with Gasteiger partial charge in [-0.05, 0) is 36.9 Å². The Labute approximate surface area is 269 Å². The van der Waals surface area contributed by atoms with Crippen molar-refractivity contribution in [3.63, 3.8) is 0 Å². The summed E-state index contributed by atoms with van der Waals surface area (Å²) in [5.41, 5.74) is 0.140. The molecule has 0 heterocycles. The van der Waals surface area contributed by atoms with Gasteiger partial charge in [-0.15, -0.1) is 0 Å². The van der Waals surface area contributed by atoms with Gasteiger partial charge >= 0.3 is 10.1 Å². The molecule has 0 bridgehead atoms. The minimum absolute atomic E-state index is 0.00197. The number of carbonyl (C=O) groups excluding carboxylic acids is 1. The number of carbonyl (C=O) groups is 1. The minimum atomic E-state index is -4.19. The van der Waals surface area contributed by atoms with Crippen molar-refractivity contribution in [2.24, 2.45) is 0 Å². The molecule has 3 aromatic carbocycles. The van der Waals surface area contributed by atoms with E-state index in [0.29, 0.717) is 17.2 Å². The van der Waals surface area contributed by atoms with Gasteiger partial charge in [-0.1, -0.05) is 126 Å². The average Bonchev–Trinajstić information content (AvgIpc) is 3.04. The molecule has 0 fully saturated rings. The molecule has 1 N–H and O–H groups in total. The van der Waals surface area contributed by atoms with Crippen LogP contribution in [0.3, 0.4) is 0 Å². The molecule has 1 amide bonds. The number of rotatable bonds is 23. The number of nitrogens with one attached hydrogen (secondary N) is 1. The number of ether oxygens (including phenoxy) is 3. The molecule has 1 unspecified atom stereocenters. The van der Waals surface area contributed by atoms with Gasteiger partial charge in [-0.2, -0.15) is 8.42 Å². The molecule has 9 heteroatoms. The van der Waals surface area contributed by atoms with E-state index < -0.39 is 16.4 Å². The maximum Gasteiger partial charge on any atom is 0.339 e. The fourth-order valence-corrected chi connectivity index (χ4v) is 6.09. The standard InChI is InChI=1S/C36H51NO7S/c1-4-5-6-7-8-9-10-11-12-13-14-15-19-26-34(38)37-35-33(44-45(39,40)31-23-17-16-18-24-31)27-30-22-20-21-25-32(30)36(35)43-28-42-29(2)41-3/h16-18,20-25,27,29H,4-15,19,26,28H2,1-3H3,(H,37,38). The number of hydrogen-bond donors (Lipinski definition) is 1. The van der Waals surface area contributed by atoms with Crippen LogP contribution in [0.25, 0.3) is 10.8 Å². The Morgan fingerprint density at radius 3 is 2.00 bits per heavy atom. The maximum absolute atomic E-state index is 13.2. The van der Waals surface area contributed by atoms with Gasteiger partial charge in [-0.3, -0.25) is 4.79 Å². The van der Waals surface area contributed by atoms with Crippen molar-refractivity contribution in [1.82, 2.24) is 0 Å². The third kappa shape index (κ3) is 12.6. The van der Waals surface area contributed by atoms with Crippen LogP contribution in [-0.2, 0) is 24.4 Å². The third-order valence-corrected chi connectivity index (χ3v) is 9.06. The molecule has 8 nitrogen and oxygen atoms in total. The molecule has 45 heavy (non-hydrogen) atoms. The van der Waals surface area contributed by atoms with E-state index >= 15 is 0 Å². The number of methoxy groups -OCH3 is 1. The van der Waals surface area contributed by atoms with Crippen LogP contribution in [0.15, 0.2) is 65.6 Å². The molecular weight excluding hydrogens is 590 g/mol. The van der Waals surface area contributed by atoms with Gasteiger partial charge in [-0.25, -0.2) is 0 Å². The van der Waals surface area contributed by atoms with E-state index in [2.05, 4.69) is 12.2 Å². The Kier molecular flexibility index (Phi) is 16.2. The lowest BCUT2D eigenvalue weighted by Crippen LogP contribution is -2.18. The zero-order chi connectivity index (χ0) is 32.3. The zero-order valence-electron chi connectivity index (χ0n) is 27.2. The molecule has 0 spiro atoms. The number of anilines is 1. The van der Waals surface area contributed by atoms with Crippen LogP contribution < -0.4 is 14.2 Å². The van der Waals surface area contributed by atoms with Crippen LogP contribution in [0.2, 0.25) is 0 Å². The number of unbranched alkanes of at least 4 members (excludes halogenated alkanes) is 12. The first kappa shape index (κ1) is 36.3. The quantitative estimate of drug-likeness (QED) is 0.0625. The largest absolute Gasteiger partial charge is 0.464 e. The molecule has 0 saturated carbocycles. The smallest absolute Gasteiger partial charge is 0.339 e. The summed E-state index contributed by atoms with van der Waals surface area (Å²) in [6.07, 6.45) is 15.6. The van der Waals surface area contributed by atoms with E-state index in [-0.39, 0.29) is 34.8 Å². The molecule has 3 rings (SSSR count). The lowest BCUT2D eigenvalue weighted by Gasteiger charge is -2.20. The second-order valence-corrected chi connectivity index (χ2v) is 13.0. The molecule has 0 aliphatic carbocycles. The molecule has 0 aromatic heterocycles. The summed E-state index contributed by atoms with van der Waals surface area (Å²) in [5.74, 6) is -0.0224. The normalized spacial score (nSPS) is 12.2. The molecule has 0 radical (unpaired) electrons. The van der Waals surface area contributed by atoms with Crippen LogP contribution in [-0.4, -0.2) is 34.5 Å². The zero-order valence-corrected chi connectivity index (χ0v) is 28.0. The fourth-order valence-electron chi connectivity index (χ4n) is 5.14. The predicted molar refractivity (Wildman–Crippen MR) is 180 cm³/mol. The summed E-state index contributed by atoms with van der Waals surface area (Å²) in [6.45, 7) is 3.79. The Hall–Kier alpha value is -3.14. The fraction of sp³-hybridized carbons (Fsp3) is 0.528. The lowest BCUT2D eigenvalue weighted by molar-refractivity contribution is -0.149. The van der Waals surface area contributed by atoms with Crippen LogP contribution in [0.4, 0.5) is 5.69 Å². The average molecular weight is 642 g/mol. The summed E-state index contributed by atoms with van der Waals surface area (Å²) in [4.78, 5) is 13.2. The Morgan fingerprint density at radius 2 is 1.38 bits per heavy atom. The highest BCUT2D eigenvalue weighted by atomic mass is 32.2. The Balaban J connectivity index is 1.65. The van der Waals surface area contributed by atoms with E-state index in [9.17, 15) is 13.2 Å². The van der Waals surface area contributed by atoms with E-state index in [0.717, 1.165) is 19.3 Å². The van der Waals surface area contributed by atoms with Crippen molar-refractivity contribution in [3.8, 4) is 11.5 Å². The second kappa shape index (κ2) is 20.1. The lowest BCUT2D eigenvalue weighted by atomic mass is 10.0. The molecule has 3 aromatic rings. The summed E-state index contributed by atoms with van der Waals surface area (Å²) in [6, 6.07) is 16.8. The highest BCUT2D eigenvalue weighted by molar-refractivity contribution is 7.87. The molecule has 0 aliphatic rings. The van der Waals surface area contributed by atoms with Crippen molar-refractivity contribution in [3.05, 3.63) is 60.7 Å². The molecule has 1 atom stereocenters. The van der Waals surface area contributed by atoms with Crippen molar-refractivity contribution in [1.29, 1.82) is 0 Å². The molecular formula is C36H51NO7S. The van der Waals surface area contributed by atoms with Crippen LogP contribution in [0.1, 0.15) is 104 Å². The minimum Gasteiger partial charge on any atom is -0.464 e. The van der Waals surface area contributed by atoms with E-state index in [1.165, 1.54) is 83.5 Å². The van der Waals surface area contributed by atoms with Crippen LogP contribution in [0.5, 0.6) is 11.5 Å². The van der Waals surface area contributed by atoms with Crippen LogP contribution in [0, 0.1) is 0 Å². The van der Waals surface area contributed by atoms with Gasteiger partial charge in [0, 0.05) is 18.9 Å². The highest BCUT2D eigenvalue weighted by Gasteiger charge is 2.24. The van der Waals surface area contributed by atoms with Crippen molar-refractivity contribution < 1.29 is 31.6 Å². The number of hydrogen-bond acceptors (Lipinski definition) is 7. The first-order chi connectivity index (χ1) is 21.9. The van der Waals surface area contributed by atoms with Gasteiger partial charge in [0.2, 0.25) is 5.91 Å². The first-order valence-corrected chi connectivity index (χ1v) is 17.9. The van der Waals surface area contributed by atoms with E-state index in [1.807, 2.05) is 24.3 Å². The van der Waals surface area contributed by atoms with E-state index in [1.54, 1.807) is 31.2 Å². The first-order valence-electron chi connectivity index (χ1n) is 16.5. The monoisotopic (exact) mass is 641 g/mol. The molecule has 0 aliphatic heterocycles. The van der Waals surface area contributed by atoms with Gasteiger partial charge in [0.15, 0.2) is 24.6 Å². The van der Waals surface area contributed by atoms with E-state index in [4.69, 9.17) is 18.4 Å².